The maximum atomic E-state index is 10.8. The molecule has 0 aromatic carbocycles. The third-order valence-corrected chi connectivity index (χ3v) is 3.34. The molecule has 12 heavy (non-hydrogen) atoms. The molecule has 0 atom stereocenters. The van der Waals surface area contributed by atoms with Crippen LogP contribution < -0.4 is 0 Å². The summed E-state index contributed by atoms with van der Waals surface area (Å²) >= 11 is 5.44. The predicted molar refractivity (Wildman–Crippen MR) is 51.1 cm³/mol. The average molecular weight is 189 g/mol. The summed E-state index contributed by atoms with van der Waals surface area (Å²) < 4.78 is 0. The zero-order valence-electron chi connectivity index (χ0n) is 7.85. The summed E-state index contributed by atoms with van der Waals surface area (Å²) in [6, 6.07) is 0. The van der Waals surface area contributed by atoms with Crippen LogP contribution in [0.5, 0.6) is 0 Å². The fourth-order valence-corrected chi connectivity index (χ4v) is 2.23. The Balaban J connectivity index is 2.34. The molecule has 2 heteroatoms. The quantitative estimate of drug-likeness (QED) is 0.609. The van der Waals surface area contributed by atoms with Gasteiger partial charge in [0, 0.05) is 5.92 Å². The van der Waals surface area contributed by atoms with Gasteiger partial charge < -0.3 is 0 Å². The number of rotatable bonds is 2. The molecular weight excluding hydrogens is 172 g/mol. The van der Waals surface area contributed by atoms with Crippen LogP contribution in [0, 0.1) is 17.8 Å². The molecule has 0 aromatic rings. The van der Waals surface area contributed by atoms with Crippen molar-refractivity contribution in [1.29, 1.82) is 0 Å². The Morgan fingerprint density at radius 1 is 1.25 bits per heavy atom. The van der Waals surface area contributed by atoms with Crippen molar-refractivity contribution in [3.8, 4) is 0 Å². The minimum Gasteiger partial charge on any atom is -0.281 e. The Kier molecular flexibility index (Phi) is 3.57. The van der Waals surface area contributed by atoms with Gasteiger partial charge in [-0.15, -0.1) is 0 Å². The van der Waals surface area contributed by atoms with Gasteiger partial charge in [-0.1, -0.05) is 13.8 Å². The van der Waals surface area contributed by atoms with Crippen LogP contribution in [0.15, 0.2) is 0 Å². The Labute approximate surface area is 79.5 Å². The lowest BCUT2D eigenvalue weighted by molar-refractivity contribution is -0.116. The van der Waals surface area contributed by atoms with Gasteiger partial charge in [0.15, 0.2) is 0 Å². The topological polar surface area (TPSA) is 17.1 Å². The number of carbonyl (C=O) groups is 1. The molecule has 0 unspecified atom stereocenters. The van der Waals surface area contributed by atoms with Crippen molar-refractivity contribution in [1.82, 2.24) is 0 Å². The number of carbonyl (C=O) groups excluding carboxylic acids is 1. The minimum absolute atomic E-state index is 0.128. The summed E-state index contributed by atoms with van der Waals surface area (Å²) in [6.45, 7) is 4.51. The molecule has 1 aliphatic carbocycles. The van der Waals surface area contributed by atoms with E-state index in [0.717, 1.165) is 24.7 Å². The van der Waals surface area contributed by atoms with E-state index in [9.17, 15) is 4.79 Å². The molecule has 0 bridgehead atoms. The van der Waals surface area contributed by atoms with E-state index < -0.39 is 0 Å². The third-order valence-electron chi connectivity index (χ3n) is 3.04. The Hall–Kier alpha value is -0.0400. The van der Waals surface area contributed by atoms with Crippen molar-refractivity contribution in [2.75, 3.05) is 0 Å². The number of halogens is 1. The average Bonchev–Trinajstić information content (AvgIpc) is 2.04. The van der Waals surface area contributed by atoms with E-state index in [4.69, 9.17) is 11.6 Å². The molecule has 1 fully saturated rings. The van der Waals surface area contributed by atoms with Crippen molar-refractivity contribution in [3.05, 3.63) is 0 Å². The lowest BCUT2D eigenvalue weighted by Gasteiger charge is -2.28. The fraction of sp³-hybridized carbons (Fsp3) is 0.900. The fourth-order valence-electron chi connectivity index (χ4n) is 2.01. The van der Waals surface area contributed by atoms with Gasteiger partial charge in [-0.2, -0.15) is 0 Å². The smallest absolute Gasteiger partial charge is 0.224 e. The van der Waals surface area contributed by atoms with E-state index in [2.05, 4.69) is 13.8 Å². The van der Waals surface area contributed by atoms with E-state index in [1.165, 1.54) is 12.8 Å². The summed E-state index contributed by atoms with van der Waals surface area (Å²) in [5.74, 6) is 1.73. The van der Waals surface area contributed by atoms with Crippen molar-refractivity contribution in [2.45, 2.75) is 39.5 Å². The first-order chi connectivity index (χ1) is 5.61. The highest BCUT2D eigenvalue weighted by Crippen LogP contribution is 2.33. The minimum atomic E-state index is -0.128. The van der Waals surface area contributed by atoms with Crippen LogP contribution in [0.1, 0.15) is 39.5 Å². The second-order valence-electron chi connectivity index (χ2n) is 4.16. The molecule has 70 valence electrons. The van der Waals surface area contributed by atoms with E-state index in [-0.39, 0.29) is 11.2 Å². The zero-order valence-corrected chi connectivity index (χ0v) is 8.60. The standard InChI is InChI=1S/C10H17ClO/c1-7(2)8-3-5-9(6-4-8)10(11)12/h7-9H,3-6H2,1-2H3/t8-,9+. The van der Waals surface area contributed by atoms with E-state index in [1.54, 1.807) is 0 Å². The van der Waals surface area contributed by atoms with E-state index in [0.29, 0.717) is 0 Å². The third kappa shape index (κ3) is 2.48. The lowest BCUT2D eigenvalue weighted by Crippen LogP contribution is -2.21. The second-order valence-corrected chi connectivity index (χ2v) is 4.53. The van der Waals surface area contributed by atoms with Crippen molar-refractivity contribution >= 4 is 16.8 Å². The van der Waals surface area contributed by atoms with Crippen LogP contribution >= 0.6 is 11.6 Å². The zero-order chi connectivity index (χ0) is 9.14. The van der Waals surface area contributed by atoms with Crippen molar-refractivity contribution in [3.63, 3.8) is 0 Å². The van der Waals surface area contributed by atoms with Gasteiger partial charge in [0.05, 0.1) is 0 Å². The first-order valence-electron chi connectivity index (χ1n) is 4.80. The van der Waals surface area contributed by atoms with Crippen LogP contribution in [-0.2, 0) is 4.79 Å². The Morgan fingerprint density at radius 3 is 2.08 bits per heavy atom. The van der Waals surface area contributed by atoms with Crippen LogP contribution in [0.2, 0.25) is 0 Å². The van der Waals surface area contributed by atoms with Gasteiger partial charge in [-0.3, -0.25) is 4.79 Å². The molecule has 0 N–H and O–H groups in total. The number of hydrogen-bond donors (Lipinski definition) is 0. The van der Waals surface area contributed by atoms with E-state index in [1.807, 2.05) is 0 Å². The summed E-state index contributed by atoms with van der Waals surface area (Å²) in [7, 11) is 0. The van der Waals surface area contributed by atoms with Crippen LogP contribution in [0.3, 0.4) is 0 Å². The summed E-state index contributed by atoms with van der Waals surface area (Å²) in [5.41, 5.74) is 0. The molecular formula is C10H17ClO. The van der Waals surface area contributed by atoms with E-state index >= 15 is 0 Å². The Bertz CT molecular complexity index is 157. The van der Waals surface area contributed by atoms with Gasteiger partial charge >= 0.3 is 0 Å². The van der Waals surface area contributed by atoms with Gasteiger partial charge in [-0.05, 0) is 49.1 Å². The monoisotopic (exact) mass is 188 g/mol. The van der Waals surface area contributed by atoms with Gasteiger partial charge in [-0.25, -0.2) is 0 Å². The summed E-state index contributed by atoms with van der Waals surface area (Å²) in [5, 5.41) is -0.128. The molecule has 1 nitrogen and oxygen atoms in total. The molecule has 1 saturated carbocycles. The molecule has 1 rings (SSSR count). The summed E-state index contributed by atoms with van der Waals surface area (Å²) in [4.78, 5) is 10.8. The first-order valence-corrected chi connectivity index (χ1v) is 5.18. The summed E-state index contributed by atoms with van der Waals surface area (Å²) in [6.07, 6.45) is 4.37. The number of hydrogen-bond acceptors (Lipinski definition) is 1. The van der Waals surface area contributed by atoms with Crippen LogP contribution in [-0.4, -0.2) is 5.24 Å². The molecule has 0 saturated heterocycles. The molecule has 0 aromatic heterocycles. The van der Waals surface area contributed by atoms with Crippen molar-refractivity contribution in [2.24, 2.45) is 17.8 Å². The maximum absolute atomic E-state index is 10.8. The molecule has 0 spiro atoms. The van der Waals surface area contributed by atoms with Gasteiger partial charge in [0.1, 0.15) is 0 Å². The molecule has 0 amide bonds. The van der Waals surface area contributed by atoms with Crippen molar-refractivity contribution < 1.29 is 4.79 Å². The van der Waals surface area contributed by atoms with Crippen LogP contribution in [0.25, 0.3) is 0 Å². The first kappa shape index (κ1) is 10.0. The highest BCUT2D eigenvalue weighted by molar-refractivity contribution is 6.63. The largest absolute Gasteiger partial charge is 0.281 e. The molecule has 0 aliphatic heterocycles. The normalized spacial score (nSPS) is 30.7. The predicted octanol–water partition coefficient (Wildman–Crippen LogP) is 3.21. The molecule has 1 aliphatic rings. The van der Waals surface area contributed by atoms with Crippen LogP contribution in [0.4, 0.5) is 0 Å². The van der Waals surface area contributed by atoms with Gasteiger partial charge in [0.2, 0.25) is 5.24 Å². The maximum Gasteiger partial charge on any atom is 0.224 e. The second kappa shape index (κ2) is 4.27. The molecule has 0 radical (unpaired) electrons. The highest BCUT2D eigenvalue weighted by atomic mass is 35.5. The Morgan fingerprint density at radius 2 is 1.75 bits per heavy atom. The van der Waals surface area contributed by atoms with Gasteiger partial charge in [0.25, 0.3) is 0 Å². The highest BCUT2D eigenvalue weighted by Gasteiger charge is 2.26. The molecule has 0 heterocycles. The lowest BCUT2D eigenvalue weighted by atomic mass is 9.77. The SMILES string of the molecule is CC(C)[C@H]1CC[C@@H](C(=O)Cl)CC1.